The molecule has 0 unspecified atom stereocenters. The number of aromatic hydroxyl groups is 4. The third kappa shape index (κ3) is 7.99. The molecule has 64 heavy (non-hydrogen) atoms. The van der Waals surface area contributed by atoms with Gasteiger partial charge in [-0.15, -0.1) is 0 Å². The first kappa shape index (κ1) is 43.8. The smallest absolute Gasteiger partial charge is 0.294 e. The Kier molecular flexibility index (Phi) is 10.8. The minimum absolute atomic E-state index is 0.00280. The predicted molar refractivity (Wildman–Crippen MR) is 229 cm³/mol. The molecular formula is C43H35N3O15S3. The first-order valence-corrected chi connectivity index (χ1v) is 23.4. The van der Waals surface area contributed by atoms with E-state index in [0.717, 1.165) is 41.3 Å². The van der Waals surface area contributed by atoms with Crippen molar-refractivity contribution in [2.75, 3.05) is 12.0 Å². The number of phenols is 4. The molecule has 6 aromatic rings. The number of anilines is 1. The minimum Gasteiger partial charge on any atom is -0.507 e. The fraction of sp³-hybridized carbons (Fsp3) is 0.140. The molecule has 8 bridgehead atoms. The van der Waals surface area contributed by atoms with Crippen molar-refractivity contribution in [1.82, 2.24) is 4.90 Å². The van der Waals surface area contributed by atoms with Gasteiger partial charge in [0.05, 0.1) is 26.6 Å². The number of carbonyl (C=O) groups excluding carboxylic acids is 2. The highest BCUT2D eigenvalue weighted by Crippen LogP contribution is 2.41. The Morgan fingerprint density at radius 3 is 1.28 bits per heavy atom. The maximum atomic E-state index is 13.2. The second-order valence-corrected chi connectivity index (χ2v) is 19.5. The summed E-state index contributed by atoms with van der Waals surface area (Å²) in [5, 5.41) is 51.8. The summed E-state index contributed by atoms with van der Waals surface area (Å²) in [5.74, 6) is -3.19. The van der Waals surface area contributed by atoms with E-state index in [2.05, 4.69) is 10.5 Å². The van der Waals surface area contributed by atoms with E-state index in [-0.39, 0.29) is 56.6 Å². The molecule has 8 rings (SSSR count). The van der Waals surface area contributed by atoms with Crippen molar-refractivity contribution in [2.45, 2.75) is 47.3 Å². The first-order chi connectivity index (χ1) is 30.0. The van der Waals surface area contributed by atoms with Crippen LogP contribution in [-0.4, -0.2) is 88.8 Å². The summed E-state index contributed by atoms with van der Waals surface area (Å²) >= 11 is 0. The van der Waals surface area contributed by atoms with Crippen LogP contribution in [0.25, 0.3) is 10.8 Å². The van der Waals surface area contributed by atoms with Crippen LogP contribution >= 0.6 is 0 Å². The van der Waals surface area contributed by atoms with Gasteiger partial charge in [-0.2, -0.15) is 30.4 Å². The number of rotatable bonds is 7. The van der Waals surface area contributed by atoms with Gasteiger partial charge in [0.2, 0.25) is 0 Å². The Balaban J connectivity index is 1.31. The van der Waals surface area contributed by atoms with Crippen molar-refractivity contribution in [1.29, 1.82) is 0 Å². The molecule has 18 nitrogen and oxygen atoms in total. The number of hydrogen-bond donors (Lipinski definition) is 8. The van der Waals surface area contributed by atoms with Crippen molar-refractivity contribution in [2.24, 2.45) is 5.10 Å². The number of amides is 2. The predicted octanol–water partition coefficient (Wildman–Crippen LogP) is 5.14. The van der Waals surface area contributed by atoms with Gasteiger partial charge in [0, 0.05) is 87.5 Å². The fourth-order valence-electron chi connectivity index (χ4n) is 8.10. The zero-order valence-electron chi connectivity index (χ0n) is 33.1. The maximum Gasteiger partial charge on any atom is 0.294 e. The van der Waals surface area contributed by atoms with E-state index in [1.54, 1.807) is 37.3 Å². The number of nitrogens with one attached hydrogen (secondary N) is 1. The van der Waals surface area contributed by atoms with E-state index in [4.69, 9.17) is 0 Å². The summed E-state index contributed by atoms with van der Waals surface area (Å²) in [6, 6.07) is 16.2. The van der Waals surface area contributed by atoms with Gasteiger partial charge in [0.25, 0.3) is 42.2 Å². The number of nitrogens with zero attached hydrogens (tertiary/aromatic N) is 2. The average molecular weight is 930 g/mol. The number of hydrogen-bond acceptors (Lipinski definition) is 14. The standard InChI is InChI=1S/C43H35N3O15S3/c1-2-46-42(51)34-5-3-4-33-36(7-6-35(37(33)34)43(46)52)45-44-20-21-8-22-10-24-14-30(62(53,54)55)16-26(39(24)48)12-28-18-32(64(59,60)61)19-29(41(28)50)13-27-17-31(63(56,57)58)15-25(40(27)49)11-23(9-21)38(22)47/h3-9,14-20,45,47-50H,2,10-13H2,1H3,(H,53,54,55)(H,56,57,58)(H,59,60,61)/b44-20+. The van der Waals surface area contributed by atoms with Crippen LogP contribution in [0.15, 0.2) is 98.7 Å². The number of phenolic OH excluding ortho intramolecular Hbond substituents is 4. The molecule has 2 aliphatic rings. The molecule has 0 aromatic heterocycles. The fourth-order valence-corrected chi connectivity index (χ4v) is 9.85. The molecule has 0 radical (unpaired) electrons. The Hall–Kier alpha value is -6.88. The molecule has 8 N–H and O–H groups in total. The topological polar surface area (TPSA) is 306 Å². The molecule has 0 atom stereocenters. The van der Waals surface area contributed by atoms with Gasteiger partial charge >= 0.3 is 0 Å². The lowest BCUT2D eigenvalue weighted by Gasteiger charge is -2.26. The Morgan fingerprint density at radius 2 is 0.922 bits per heavy atom. The number of hydrazone groups is 1. The maximum absolute atomic E-state index is 13.2. The molecule has 0 spiro atoms. The summed E-state index contributed by atoms with van der Waals surface area (Å²) < 4.78 is 105. The van der Waals surface area contributed by atoms with Crippen molar-refractivity contribution in [3.63, 3.8) is 0 Å². The number of carbonyl (C=O) groups is 2. The van der Waals surface area contributed by atoms with Crippen LogP contribution in [0.3, 0.4) is 0 Å². The number of fused-ring (bicyclic) bond motifs is 8. The van der Waals surface area contributed by atoms with Gasteiger partial charge in [-0.05, 0) is 90.3 Å². The molecule has 1 heterocycles. The van der Waals surface area contributed by atoms with E-state index < -0.39 is 106 Å². The van der Waals surface area contributed by atoms with Gasteiger partial charge in [0.15, 0.2) is 0 Å². The van der Waals surface area contributed by atoms with Crippen LogP contribution in [0.1, 0.15) is 77.7 Å². The lowest BCUT2D eigenvalue weighted by atomic mass is 9.90. The van der Waals surface area contributed by atoms with E-state index in [9.17, 15) is 68.9 Å². The summed E-state index contributed by atoms with van der Waals surface area (Å²) in [4.78, 5) is 25.2. The van der Waals surface area contributed by atoms with Crippen molar-refractivity contribution < 1.29 is 68.9 Å². The van der Waals surface area contributed by atoms with E-state index in [0.29, 0.717) is 27.6 Å². The van der Waals surface area contributed by atoms with Crippen molar-refractivity contribution in [3.05, 3.63) is 140 Å². The summed E-state index contributed by atoms with van der Waals surface area (Å²) in [5.41, 5.74) is 2.69. The van der Waals surface area contributed by atoms with Crippen LogP contribution < -0.4 is 5.43 Å². The molecule has 2 amide bonds. The van der Waals surface area contributed by atoms with E-state index in [1.165, 1.54) is 18.3 Å². The lowest BCUT2D eigenvalue weighted by Crippen LogP contribution is -2.40. The first-order valence-electron chi connectivity index (χ1n) is 19.1. The number of benzene rings is 6. The number of imide groups is 1. The van der Waals surface area contributed by atoms with Gasteiger partial charge in [-0.25, -0.2) is 0 Å². The van der Waals surface area contributed by atoms with Gasteiger partial charge in [-0.3, -0.25) is 33.6 Å². The zero-order chi connectivity index (χ0) is 46.2. The lowest BCUT2D eigenvalue weighted by molar-refractivity contribution is 0.0619. The molecule has 0 fully saturated rings. The highest BCUT2D eigenvalue weighted by molar-refractivity contribution is 7.86. The molecule has 1 aliphatic carbocycles. The second kappa shape index (κ2) is 15.7. The molecule has 330 valence electrons. The molecule has 0 saturated heterocycles. The minimum atomic E-state index is -5.01. The Bertz CT molecular complexity index is 3270. The highest BCUT2D eigenvalue weighted by Gasteiger charge is 2.32. The molecule has 6 aromatic carbocycles. The van der Waals surface area contributed by atoms with Crippen LogP contribution in [-0.2, 0) is 56.0 Å². The van der Waals surface area contributed by atoms with Gasteiger partial charge < -0.3 is 20.4 Å². The Morgan fingerprint density at radius 1 is 0.562 bits per heavy atom. The zero-order valence-corrected chi connectivity index (χ0v) is 35.6. The van der Waals surface area contributed by atoms with Crippen molar-refractivity contribution in [3.8, 4) is 23.0 Å². The molecule has 0 saturated carbocycles. The summed E-state index contributed by atoms with van der Waals surface area (Å²) in [6.45, 7) is 1.86. The van der Waals surface area contributed by atoms with E-state index in [1.807, 2.05) is 0 Å². The summed E-state index contributed by atoms with van der Waals surface area (Å²) in [7, 11) is -15.0. The van der Waals surface area contributed by atoms with Gasteiger partial charge in [-0.1, -0.05) is 12.1 Å². The molecular weight excluding hydrogens is 895 g/mol. The van der Waals surface area contributed by atoms with Crippen LogP contribution in [0.5, 0.6) is 23.0 Å². The van der Waals surface area contributed by atoms with E-state index >= 15 is 0 Å². The van der Waals surface area contributed by atoms with Gasteiger partial charge in [0.1, 0.15) is 23.0 Å². The average Bonchev–Trinajstić information content (AvgIpc) is 3.21. The van der Waals surface area contributed by atoms with Crippen LogP contribution in [0.2, 0.25) is 0 Å². The monoisotopic (exact) mass is 929 g/mol. The normalized spacial score (nSPS) is 14.3. The van der Waals surface area contributed by atoms with Crippen LogP contribution in [0.4, 0.5) is 5.69 Å². The quantitative estimate of drug-likeness (QED) is 0.0444. The second-order valence-electron chi connectivity index (χ2n) is 15.2. The largest absolute Gasteiger partial charge is 0.507 e. The summed E-state index contributed by atoms with van der Waals surface area (Å²) in [6.07, 6.45) is -0.868. The molecule has 1 aliphatic heterocycles. The third-order valence-corrected chi connectivity index (χ3v) is 13.6. The highest BCUT2D eigenvalue weighted by atomic mass is 32.2. The van der Waals surface area contributed by atoms with Crippen LogP contribution in [0, 0.1) is 0 Å². The third-order valence-electron chi connectivity index (χ3n) is 11.1. The molecule has 21 heteroatoms. The Labute approximate surface area is 364 Å². The SMILES string of the molecule is CCN1C(=O)c2cccc3c(N/N=C/c4cc5c(O)c(c4)Cc4cc(S(=O)(=O)O)cc(c4O)Cc4cc(S(=O)(=O)O)cc(c4O)Cc4cc(S(=O)(=O)O)cc(c4O)C5)ccc(c23)C1=O. The van der Waals surface area contributed by atoms with Crippen molar-refractivity contribution >= 4 is 64.8 Å².